The maximum absolute atomic E-state index is 14.0. The molecule has 1 saturated heterocycles. The number of hydrogen-bond acceptors (Lipinski definition) is 5. The van der Waals surface area contributed by atoms with Crippen molar-refractivity contribution in [2.24, 2.45) is 5.92 Å². The van der Waals surface area contributed by atoms with Gasteiger partial charge in [-0.05, 0) is 80.5 Å². The molecule has 0 aliphatic carbocycles. The molecule has 3 aromatic carbocycles. The fourth-order valence-electron chi connectivity index (χ4n) is 5.44. The van der Waals surface area contributed by atoms with Gasteiger partial charge in [-0.3, -0.25) is 4.79 Å². The summed E-state index contributed by atoms with van der Waals surface area (Å²) in [5, 5.41) is 7.62. The molecule has 0 radical (unpaired) electrons. The van der Waals surface area contributed by atoms with E-state index in [1.165, 1.54) is 0 Å². The van der Waals surface area contributed by atoms with E-state index < -0.39 is 17.7 Å². The van der Waals surface area contributed by atoms with Gasteiger partial charge in [0.2, 0.25) is 12.7 Å². The summed E-state index contributed by atoms with van der Waals surface area (Å²) in [6.07, 6.45) is 0. The summed E-state index contributed by atoms with van der Waals surface area (Å²) in [5.41, 5.74) is 3.56. The van der Waals surface area contributed by atoms with Gasteiger partial charge in [0.15, 0.2) is 22.3 Å². The van der Waals surface area contributed by atoms with Crippen molar-refractivity contribution in [1.29, 1.82) is 0 Å². The van der Waals surface area contributed by atoms with Gasteiger partial charge in [0, 0.05) is 22.8 Å². The molecule has 1 amide bonds. The number of nitrogens with zero attached hydrogens (tertiary/aromatic N) is 1. The Kier molecular flexibility index (Phi) is 5.69. The molecule has 7 nitrogen and oxygen atoms in total. The zero-order chi connectivity index (χ0) is 25.9. The summed E-state index contributed by atoms with van der Waals surface area (Å²) in [7, 11) is 0. The van der Waals surface area contributed by atoms with E-state index in [0.717, 1.165) is 27.9 Å². The number of ether oxygens (including phenoxy) is 3. The standard InChI is InChI=1S/C28H26ClN3O4S/c1-15-4-7-20(16(2)10-15)30-26(33)24-25-19-12-18(29)6-9-21(19)36-28(24,3)32(27(37)31-25)13-17-5-8-22-23(11-17)35-14-34-22/h4-12,24-25H,13-14H2,1-3H3,(H,30,33)(H,31,37)/t24-,25-,28-/m0/s1. The smallest absolute Gasteiger partial charge is 0.236 e. The molecule has 0 spiro atoms. The first kappa shape index (κ1) is 23.9. The molecule has 9 heteroatoms. The monoisotopic (exact) mass is 535 g/mol. The van der Waals surface area contributed by atoms with Crippen LogP contribution in [0.4, 0.5) is 5.69 Å². The van der Waals surface area contributed by atoms with E-state index in [1.807, 2.05) is 74.2 Å². The van der Waals surface area contributed by atoms with E-state index in [2.05, 4.69) is 10.6 Å². The van der Waals surface area contributed by atoms with Gasteiger partial charge >= 0.3 is 0 Å². The average molecular weight is 536 g/mol. The van der Waals surface area contributed by atoms with Crippen molar-refractivity contribution in [3.05, 3.63) is 81.9 Å². The Balaban J connectivity index is 1.40. The van der Waals surface area contributed by atoms with Crippen LogP contribution in [0.1, 0.15) is 35.2 Å². The van der Waals surface area contributed by atoms with E-state index in [1.54, 1.807) is 6.07 Å². The van der Waals surface area contributed by atoms with E-state index in [-0.39, 0.29) is 12.7 Å². The first-order chi connectivity index (χ1) is 17.7. The number of halogens is 1. The number of benzene rings is 3. The second-order valence-electron chi connectivity index (χ2n) is 9.83. The van der Waals surface area contributed by atoms with Crippen LogP contribution in [0, 0.1) is 19.8 Å². The highest BCUT2D eigenvalue weighted by atomic mass is 35.5. The highest BCUT2D eigenvalue weighted by molar-refractivity contribution is 7.80. The Bertz CT molecular complexity index is 1450. The minimum absolute atomic E-state index is 0.171. The molecule has 3 atom stereocenters. The number of hydrogen-bond donors (Lipinski definition) is 2. The van der Waals surface area contributed by atoms with Crippen molar-refractivity contribution in [3.63, 3.8) is 0 Å². The third-order valence-electron chi connectivity index (χ3n) is 7.29. The molecule has 2 N–H and O–H groups in total. The number of aryl methyl sites for hydroxylation is 2. The molecule has 1 fully saturated rings. The average Bonchev–Trinajstić information content (AvgIpc) is 3.32. The largest absolute Gasteiger partial charge is 0.467 e. The number of rotatable bonds is 4. The molecule has 0 saturated carbocycles. The van der Waals surface area contributed by atoms with Gasteiger partial charge in [0.25, 0.3) is 0 Å². The fourth-order valence-corrected chi connectivity index (χ4v) is 5.99. The first-order valence-electron chi connectivity index (χ1n) is 12.1. The van der Waals surface area contributed by atoms with E-state index >= 15 is 0 Å². The molecule has 37 heavy (non-hydrogen) atoms. The molecule has 0 unspecified atom stereocenters. The predicted octanol–water partition coefficient (Wildman–Crippen LogP) is 5.48. The maximum atomic E-state index is 14.0. The lowest BCUT2D eigenvalue weighted by Crippen LogP contribution is -2.71. The summed E-state index contributed by atoms with van der Waals surface area (Å²) in [4.78, 5) is 15.9. The van der Waals surface area contributed by atoms with E-state index in [4.69, 9.17) is 38.0 Å². The Hall–Kier alpha value is -3.49. The Labute approximate surface area is 225 Å². The van der Waals surface area contributed by atoms with Gasteiger partial charge in [-0.2, -0.15) is 0 Å². The van der Waals surface area contributed by atoms with Crippen molar-refractivity contribution in [3.8, 4) is 17.2 Å². The van der Waals surface area contributed by atoms with Gasteiger partial charge < -0.3 is 29.7 Å². The van der Waals surface area contributed by atoms with Crippen LogP contribution in [0.25, 0.3) is 0 Å². The number of anilines is 1. The lowest BCUT2D eigenvalue weighted by atomic mass is 9.78. The van der Waals surface area contributed by atoms with Crippen molar-refractivity contribution in [1.82, 2.24) is 10.2 Å². The summed E-state index contributed by atoms with van der Waals surface area (Å²) >= 11 is 12.2. The second kappa shape index (κ2) is 8.82. The third kappa shape index (κ3) is 4.04. The summed E-state index contributed by atoms with van der Waals surface area (Å²) in [6.45, 7) is 6.53. The minimum Gasteiger partial charge on any atom is -0.467 e. The van der Waals surface area contributed by atoms with Gasteiger partial charge in [0.1, 0.15) is 11.7 Å². The Morgan fingerprint density at radius 3 is 2.70 bits per heavy atom. The molecular formula is C28H26ClN3O4S. The van der Waals surface area contributed by atoms with E-state index in [0.29, 0.717) is 33.9 Å². The van der Waals surface area contributed by atoms with Crippen LogP contribution in [-0.4, -0.2) is 28.4 Å². The normalized spacial score (nSPS) is 23.1. The number of carbonyl (C=O) groups excluding carboxylic acids is 1. The van der Waals surface area contributed by atoms with E-state index in [9.17, 15) is 4.79 Å². The topological polar surface area (TPSA) is 72.1 Å². The lowest BCUT2D eigenvalue weighted by molar-refractivity contribution is -0.150. The van der Waals surface area contributed by atoms with Gasteiger partial charge in [-0.1, -0.05) is 35.4 Å². The molecule has 3 aromatic rings. The first-order valence-corrected chi connectivity index (χ1v) is 12.8. The quantitative estimate of drug-likeness (QED) is 0.429. The number of thiocarbonyl (C=S) groups is 1. The second-order valence-corrected chi connectivity index (χ2v) is 10.6. The zero-order valence-electron chi connectivity index (χ0n) is 20.6. The van der Waals surface area contributed by atoms with Crippen molar-refractivity contribution >= 4 is 40.5 Å². The molecule has 190 valence electrons. The van der Waals surface area contributed by atoms with Crippen LogP contribution in [-0.2, 0) is 11.3 Å². The predicted molar refractivity (Wildman–Crippen MR) is 145 cm³/mol. The third-order valence-corrected chi connectivity index (χ3v) is 7.87. The molecule has 0 aromatic heterocycles. The molecule has 3 aliphatic rings. The summed E-state index contributed by atoms with van der Waals surface area (Å²) < 4.78 is 17.7. The van der Waals surface area contributed by atoms with Gasteiger partial charge in [-0.15, -0.1) is 0 Å². The van der Waals surface area contributed by atoms with Crippen LogP contribution >= 0.6 is 23.8 Å². The molecular weight excluding hydrogens is 510 g/mol. The highest BCUT2D eigenvalue weighted by Crippen LogP contribution is 2.50. The van der Waals surface area contributed by atoms with Crippen LogP contribution in [0.5, 0.6) is 17.2 Å². The summed E-state index contributed by atoms with van der Waals surface area (Å²) in [6, 6.07) is 16.8. The lowest BCUT2D eigenvalue weighted by Gasteiger charge is -2.56. The van der Waals surface area contributed by atoms with Crippen molar-refractivity contribution in [2.75, 3.05) is 12.1 Å². The Morgan fingerprint density at radius 1 is 1.11 bits per heavy atom. The fraction of sp³-hybridized carbons (Fsp3) is 0.286. The molecule has 3 aliphatic heterocycles. The van der Waals surface area contributed by atoms with Crippen LogP contribution in [0.15, 0.2) is 54.6 Å². The van der Waals surface area contributed by atoms with Crippen molar-refractivity contribution < 1.29 is 19.0 Å². The summed E-state index contributed by atoms with van der Waals surface area (Å²) in [5.74, 6) is 1.25. The number of fused-ring (bicyclic) bond motifs is 5. The molecule has 2 bridgehead atoms. The van der Waals surface area contributed by atoms with Crippen LogP contribution in [0.2, 0.25) is 5.02 Å². The molecule has 6 rings (SSSR count). The Morgan fingerprint density at radius 2 is 1.89 bits per heavy atom. The minimum atomic E-state index is -1.08. The molecule has 3 heterocycles. The van der Waals surface area contributed by atoms with Crippen LogP contribution < -0.4 is 24.8 Å². The zero-order valence-corrected chi connectivity index (χ0v) is 22.2. The van der Waals surface area contributed by atoms with Gasteiger partial charge in [-0.25, -0.2) is 0 Å². The van der Waals surface area contributed by atoms with Gasteiger partial charge in [0.05, 0.1) is 6.04 Å². The maximum Gasteiger partial charge on any atom is 0.236 e. The number of amides is 1. The number of nitrogens with one attached hydrogen (secondary N) is 2. The van der Waals surface area contributed by atoms with Crippen LogP contribution in [0.3, 0.4) is 0 Å². The number of carbonyl (C=O) groups is 1. The highest BCUT2D eigenvalue weighted by Gasteiger charge is 2.58. The SMILES string of the molecule is Cc1ccc(NC(=O)[C@@H]2[C@H]3NC(=S)N(Cc4ccc5c(c4)OCO5)[C@@]2(C)Oc2ccc(Cl)cc23)c(C)c1. The van der Waals surface area contributed by atoms with Crippen molar-refractivity contribution in [2.45, 2.75) is 39.1 Å².